The molecule has 2 aromatic carbocycles. The number of hydrogen-bond donors (Lipinski definition) is 0. The Labute approximate surface area is 152 Å². The molecule has 0 N–H and O–H groups in total. The van der Waals surface area contributed by atoms with E-state index in [1.165, 1.54) is 26.7 Å². The lowest BCUT2D eigenvalue weighted by Crippen LogP contribution is -2.68. The lowest BCUT2D eigenvalue weighted by molar-refractivity contribution is -2.00. The predicted octanol–water partition coefficient (Wildman–Crippen LogP) is -0.0581. The number of rotatable bonds is 3. The maximum Gasteiger partial charge on any atom is 0.235 e. The molecular formula is C18H18ClNO4S. The van der Waals surface area contributed by atoms with E-state index in [0.29, 0.717) is 0 Å². The maximum atomic E-state index is 8.49. The van der Waals surface area contributed by atoms with Gasteiger partial charge in [-0.15, -0.1) is 10.2 Å². The molecule has 1 heterocycles. The van der Waals surface area contributed by atoms with Crippen molar-refractivity contribution in [2.45, 2.75) is 20.4 Å². The lowest BCUT2D eigenvalue weighted by Gasteiger charge is -2.17. The van der Waals surface area contributed by atoms with Gasteiger partial charge in [0.25, 0.3) is 0 Å². The van der Waals surface area contributed by atoms with Gasteiger partial charge >= 0.3 is 0 Å². The van der Waals surface area contributed by atoms with Crippen LogP contribution in [0.1, 0.15) is 11.9 Å². The zero-order valence-electron chi connectivity index (χ0n) is 13.8. The second-order valence-electron chi connectivity index (χ2n) is 5.15. The van der Waals surface area contributed by atoms with Crippen LogP contribution in [0.3, 0.4) is 0 Å². The summed E-state index contributed by atoms with van der Waals surface area (Å²) in [6.45, 7) is 5.41. The first-order valence-corrected chi connectivity index (χ1v) is 9.62. The zero-order chi connectivity index (χ0) is 18.4. The third-order valence-corrected chi connectivity index (χ3v) is 4.66. The number of hydrogen-bond acceptors (Lipinski definition) is 5. The molecule has 0 atom stereocenters. The van der Waals surface area contributed by atoms with Crippen LogP contribution in [0.15, 0.2) is 60.7 Å². The highest BCUT2D eigenvalue weighted by Gasteiger charge is 2.24. The molecule has 0 aliphatic carbocycles. The predicted molar refractivity (Wildman–Crippen MR) is 85.8 cm³/mol. The Hall–Kier alpha value is -1.80. The van der Waals surface area contributed by atoms with Crippen LogP contribution in [-0.4, -0.2) is 0 Å². The summed E-state index contributed by atoms with van der Waals surface area (Å²) >= 11 is 1.88. The van der Waals surface area contributed by atoms with Gasteiger partial charge in [-0.25, -0.2) is 18.6 Å². The molecule has 0 aliphatic heterocycles. The minimum absolute atomic E-state index is 0.999. The molecule has 7 heteroatoms. The van der Waals surface area contributed by atoms with Crippen LogP contribution in [0.2, 0.25) is 0 Å². The van der Waals surface area contributed by atoms with Crippen LogP contribution in [0.5, 0.6) is 0 Å². The van der Waals surface area contributed by atoms with Gasteiger partial charge in [0.05, 0.1) is 0 Å². The number of aromatic nitrogens is 1. The Kier molecular flexibility index (Phi) is 6.66. The average molecular weight is 380 g/mol. The molecule has 0 spiro atoms. The molecule has 132 valence electrons. The van der Waals surface area contributed by atoms with Crippen molar-refractivity contribution in [3.63, 3.8) is 0 Å². The molecule has 3 rings (SSSR count). The van der Waals surface area contributed by atoms with Gasteiger partial charge in [0.15, 0.2) is 0 Å². The van der Waals surface area contributed by atoms with Gasteiger partial charge in [-0.3, -0.25) is 0 Å². The standard InChI is InChI=1S/C18H18NS.ClHO4/c1-3-19-14(2)20-18(16-12-8-5-9-13-16)17(19)15-10-6-4-7-11-15;2-1(3,4)5/h4-13H,3H2,1-2H3;(H,2,3,4,5)/q+1;/p-1. The van der Waals surface area contributed by atoms with Gasteiger partial charge in [0, 0.05) is 12.5 Å². The second-order valence-corrected chi connectivity index (χ2v) is 7.11. The van der Waals surface area contributed by atoms with Crippen LogP contribution in [0.25, 0.3) is 21.7 Å². The third kappa shape index (κ3) is 5.61. The first-order valence-electron chi connectivity index (χ1n) is 7.57. The third-order valence-electron chi connectivity index (χ3n) is 3.51. The summed E-state index contributed by atoms with van der Waals surface area (Å²) < 4.78 is 36.4. The van der Waals surface area contributed by atoms with E-state index in [-0.39, 0.29) is 0 Å². The van der Waals surface area contributed by atoms with Gasteiger partial charge in [-0.2, -0.15) is 4.57 Å². The zero-order valence-corrected chi connectivity index (χ0v) is 15.4. The average Bonchev–Trinajstić information content (AvgIpc) is 2.91. The first kappa shape index (κ1) is 19.5. The van der Waals surface area contributed by atoms with E-state index in [1.807, 2.05) is 11.3 Å². The number of halogens is 1. The molecule has 0 bridgehead atoms. The normalized spacial score (nSPS) is 11.0. The number of nitrogens with zero attached hydrogens (tertiary/aromatic N) is 1. The number of thiazole rings is 1. The fourth-order valence-corrected chi connectivity index (χ4v) is 3.78. The van der Waals surface area contributed by atoms with Gasteiger partial charge in [-0.1, -0.05) is 59.9 Å². The van der Waals surface area contributed by atoms with Crippen molar-refractivity contribution in [2.24, 2.45) is 0 Å². The molecule has 1 aromatic heterocycles. The summed E-state index contributed by atoms with van der Waals surface area (Å²) in [6.07, 6.45) is 0. The minimum atomic E-state index is -4.94. The van der Waals surface area contributed by atoms with Gasteiger partial charge in [-0.05, 0) is 24.6 Å². The first-order chi connectivity index (χ1) is 11.8. The maximum absolute atomic E-state index is 8.49. The highest BCUT2D eigenvalue weighted by molar-refractivity contribution is 7.15. The Morgan fingerprint density at radius 3 is 1.72 bits per heavy atom. The lowest BCUT2D eigenvalue weighted by atomic mass is 10.1. The number of aryl methyl sites for hydroxylation is 1. The summed E-state index contributed by atoms with van der Waals surface area (Å²) in [5.41, 5.74) is 3.92. The van der Waals surface area contributed by atoms with Crippen molar-refractivity contribution in [3.05, 3.63) is 65.7 Å². The van der Waals surface area contributed by atoms with Gasteiger partial charge < -0.3 is 0 Å². The van der Waals surface area contributed by atoms with E-state index in [2.05, 4.69) is 79.1 Å². The molecule has 0 amide bonds. The van der Waals surface area contributed by atoms with E-state index in [0.717, 1.165) is 6.54 Å². The summed E-state index contributed by atoms with van der Waals surface area (Å²) in [6, 6.07) is 21.3. The fourth-order valence-electron chi connectivity index (χ4n) is 2.58. The summed E-state index contributed by atoms with van der Waals surface area (Å²) in [5.74, 6) is 0. The Balaban J connectivity index is 0.000000399. The molecule has 0 unspecified atom stereocenters. The molecule has 3 aromatic rings. The van der Waals surface area contributed by atoms with E-state index in [1.54, 1.807) is 0 Å². The van der Waals surface area contributed by atoms with Gasteiger partial charge in [0.1, 0.15) is 11.4 Å². The van der Waals surface area contributed by atoms with Crippen molar-refractivity contribution < 1.29 is 33.4 Å². The minimum Gasteiger partial charge on any atom is -0.222 e. The highest BCUT2D eigenvalue weighted by atomic mass is 35.7. The largest absolute Gasteiger partial charge is 0.235 e. The topological polar surface area (TPSA) is 96.1 Å². The second kappa shape index (κ2) is 8.53. The van der Waals surface area contributed by atoms with E-state index < -0.39 is 10.2 Å². The molecule has 0 saturated carbocycles. The summed E-state index contributed by atoms with van der Waals surface area (Å²) in [4.78, 5) is 1.36. The smallest absolute Gasteiger partial charge is 0.222 e. The van der Waals surface area contributed by atoms with Crippen molar-refractivity contribution in [2.75, 3.05) is 0 Å². The van der Waals surface area contributed by atoms with E-state index >= 15 is 0 Å². The van der Waals surface area contributed by atoms with Crippen LogP contribution in [-0.2, 0) is 6.54 Å². The van der Waals surface area contributed by atoms with E-state index in [4.69, 9.17) is 18.6 Å². The van der Waals surface area contributed by atoms with E-state index in [9.17, 15) is 0 Å². The summed E-state index contributed by atoms with van der Waals surface area (Å²) in [5, 5.41) is 1.35. The molecular weight excluding hydrogens is 362 g/mol. The Bertz CT molecular complexity index is 795. The van der Waals surface area contributed by atoms with Crippen LogP contribution < -0.4 is 23.2 Å². The monoisotopic (exact) mass is 379 g/mol. The van der Waals surface area contributed by atoms with Crippen LogP contribution in [0, 0.1) is 17.2 Å². The summed E-state index contributed by atoms with van der Waals surface area (Å²) in [7, 11) is -4.94. The van der Waals surface area contributed by atoms with Gasteiger partial charge in [0.2, 0.25) is 10.7 Å². The van der Waals surface area contributed by atoms with Crippen molar-refractivity contribution in [3.8, 4) is 21.7 Å². The molecule has 0 radical (unpaired) electrons. The molecule has 0 aliphatic rings. The fraction of sp³-hybridized carbons (Fsp3) is 0.167. The molecule has 25 heavy (non-hydrogen) atoms. The van der Waals surface area contributed by atoms with Crippen molar-refractivity contribution >= 4 is 11.3 Å². The van der Waals surface area contributed by atoms with Crippen molar-refractivity contribution in [1.29, 1.82) is 0 Å². The SMILES string of the molecule is CC[n+]1c(C)sc(-c2ccccc2)c1-c1ccccc1.[O-][Cl+3]([O-])([O-])[O-]. The number of benzene rings is 2. The highest BCUT2D eigenvalue weighted by Crippen LogP contribution is 2.35. The molecule has 5 nitrogen and oxygen atoms in total. The quantitative estimate of drug-likeness (QED) is 0.595. The Morgan fingerprint density at radius 2 is 1.28 bits per heavy atom. The van der Waals surface area contributed by atoms with Crippen LogP contribution >= 0.6 is 11.3 Å². The van der Waals surface area contributed by atoms with Crippen molar-refractivity contribution in [1.82, 2.24) is 0 Å². The Morgan fingerprint density at radius 1 is 0.840 bits per heavy atom. The van der Waals surface area contributed by atoms with Crippen LogP contribution in [0.4, 0.5) is 0 Å². The molecule has 0 saturated heterocycles. The molecule has 0 fully saturated rings.